The van der Waals surface area contributed by atoms with Crippen LogP contribution in [0.3, 0.4) is 0 Å². The van der Waals surface area contributed by atoms with Gasteiger partial charge >= 0.3 is 0 Å². The maximum absolute atomic E-state index is 14.0. The first-order chi connectivity index (χ1) is 10.6. The molecule has 0 bridgehead atoms. The molecule has 0 nitrogen and oxygen atoms in total. The zero-order valence-corrected chi connectivity index (χ0v) is 13.2. The van der Waals surface area contributed by atoms with E-state index in [4.69, 9.17) is 0 Å². The molecule has 2 aromatic carbocycles. The summed E-state index contributed by atoms with van der Waals surface area (Å²) in [4.78, 5) is 0. The second kappa shape index (κ2) is 7.88. The van der Waals surface area contributed by atoms with Gasteiger partial charge in [0, 0.05) is 11.1 Å². The number of rotatable bonds is 6. The summed E-state index contributed by atoms with van der Waals surface area (Å²) in [6, 6.07) is 10.5. The van der Waals surface area contributed by atoms with Crippen LogP contribution in [0.5, 0.6) is 0 Å². The van der Waals surface area contributed by atoms with Crippen LogP contribution in [0.4, 0.5) is 8.78 Å². The summed E-state index contributed by atoms with van der Waals surface area (Å²) in [7, 11) is 0. The summed E-state index contributed by atoms with van der Waals surface area (Å²) in [6.45, 7) is 4.13. The molecule has 0 fully saturated rings. The van der Waals surface area contributed by atoms with Crippen LogP contribution in [0, 0.1) is 11.6 Å². The quantitative estimate of drug-likeness (QED) is 0.570. The summed E-state index contributed by atoms with van der Waals surface area (Å²) in [5.41, 5.74) is 2.95. The monoisotopic (exact) mass is 300 g/mol. The number of halogens is 2. The lowest BCUT2D eigenvalue weighted by Crippen LogP contribution is -1.90. The van der Waals surface area contributed by atoms with Crippen LogP contribution in [0.25, 0.3) is 12.2 Å². The molecule has 22 heavy (non-hydrogen) atoms. The maximum Gasteiger partial charge on any atom is 0.130 e. The van der Waals surface area contributed by atoms with E-state index >= 15 is 0 Å². The van der Waals surface area contributed by atoms with E-state index in [1.165, 1.54) is 0 Å². The molecule has 2 rings (SSSR count). The molecule has 0 aromatic heterocycles. The lowest BCUT2D eigenvalue weighted by Gasteiger charge is -2.03. The van der Waals surface area contributed by atoms with Crippen molar-refractivity contribution in [1.82, 2.24) is 0 Å². The average molecular weight is 300 g/mol. The number of benzene rings is 2. The number of hydrogen-bond donors (Lipinski definition) is 0. The molecule has 0 atom stereocenters. The van der Waals surface area contributed by atoms with Crippen molar-refractivity contribution in [1.29, 1.82) is 0 Å². The topological polar surface area (TPSA) is 0 Å². The van der Waals surface area contributed by atoms with E-state index in [0.29, 0.717) is 11.1 Å². The molecule has 0 N–H and O–H groups in total. The van der Waals surface area contributed by atoms with Crippen LogP contribution in [0.2, 0.25) is 0 Å². The van der Waals surface area contributed by atoms with Crippen molar-refractivity contribution in [2.45, 2.75) is 39.5 Å². The molecule has 116 valence electrons. The van der Waals surface area contributed by atoms with Crippen LogP contribution in [-0.2, 0) is 12.8 Å². The Morgan fingerprint density at radius 2 is 1.14 bits per heavy atom. The van der Waals surface area contributed by atoms with Crippen molar-refractivity contribution >= 4 is 12.2 Å². The van der Waals surface area contributed by atoms with Gasteiger partial charge in [-0.2, -0.15) is 0 Å². The standard InChI is InChI=1S/C20H22F2/c1-3-5-15-7-9-17(19(21)13-15)11-12-18-10-8-16(6-4-2)14-20(18)22/h7-14H,3-6H2,1-2H3/b12-11+. The largest absolute Gasteiger partial charge is 0.206 e. The van der Waals surface area contributed by atoms with Crippen molar-refractivity contribution < 1.29 is 8.78 Å². The Bertz CT molecular complexity index is 599. The lowest BCUT2D eigenvalue weighted by atomic mass is 10.0. The average Bonchev–Trinajstić information content (AvgIpc) is 2.49. The van der Waals surface area contributed by atoms with Crippen LogP contribution in [0.15, 0.2) is 36.4 Å². The number of aryl methyl sites for hydroxylation is 2. The van der Waals surface area contributed by atoms with Gasteiger partial charge in [-0.1, -0.05) is 63.1 Å². The Labute approximate surface area is 131 Å². The second-order valence-corrected chi connectivity index (χ2v) is 5.55. The van der Waals surface area contributed by atoms with Gasteiger partial charge in [-0.15, -0.1) is 0 Å². The summed E-state index contributed by atoms with van der Waals surface area (Å²) in [6.07, 6.45) is 6.97. The molecule has 0 saturated carbocycles. The predicted octanol–water partition coefficient (Wildman–Crippen LogP) is 6.04. The summed E-state index contributed by atoms with van der Waals surface area (Å²) >= 11 is 0. The Morgan fingerprint density at radius 3 is 1.45 bits per heavy atom. The van der Waals surface area contributed by atoms with Crippen molar-refractivity contribution in [2.24, 2.45) is 0 Å². The minimum absolute atomic E-state index is 0.259. The molecule has 2 heteroatoms. The first kappa shape index (κ1) is 16.4. The van der Waals surface area contributed by atoms with Crippen LogP contribution in [-0.4, -0.2) is 0 Å². The van der Waals surface area contributed by atoms with Gasteiger partial charge in [0.25, 0.3) is 0 Å². The molecule has 0 aliphatic heterocycles. The van der Waals surface area contributed by atoms with E-state index < -0.39 is 0 Å². The fraction of sp³-hybridized carbons (Fsp3) is 0.300. The number of hydrogen-bond acceptors (Lipinski definition) is 0. The van der Waals surface area contributed by atoms with Gasteiger partial charge in [0.15, 0.2) is 0 Å². The minimum Gasteiger partial charge on any atom is -0.206 e. The second-order valence-electron chi connectivity index (χ2n) is 5.55. The van der Waals surface area contributed by atoms with Crippen LogP contribution >= 0.6 is 0 Å². The normalized spacial score (nSPS) is 11.3. The Kier molecular flexibility index (Phi) is 5.88. The third-order valence-electron chi connectivity index (χ3n) is 3.65. The molecule has 0 radical (unpaired) electrons. The zero-order valence-electron chi connectivity index (χ0n) is 13.2. The molecule has 0 amide bonds. The fourth-order valence-corrected chi connectivity index (χ4v) is 2.48. The maximum atomic E-state index is 14.0. The molecule has 0 heterocycles. The van der Waals surface area contributed by atoms with Gasteiger partial charge in [0.2, 0.25) is 0 Å². The highest BCUT2D eigenvalue weighted by Gasteiger charge is 2.03. The van der Waals surface area contributed by atoms with Crippen LogP contribution < -0.4 is 0 Å². The van der Waals surface area contributed by atoms with Crippen LogP contribution in [0.1, 0.15) is 48.9 Å². The molecule has 0 aliphatic rings. The van der Waals surface area contributed by atoms with Crippen molar-refractivity contribution in [3.63, 3.8) is 0 Å². The summed E-state index contributed by atoms with van der Waals surface area (Å²) in [5.74, 6) is -0.518. The van der Waals surface area contributed by atoms with Crippen molar-refractivity contribution in [2.75, 3.05) is 0 Å². The fourth-order valence-electron chi connectivity index (χ4n) is 2.48. The predicted molar refractivity (Wildman–Crippen MR) is 89.7 cm³/mol. The van der Waals surface area contributed by atoms with Crippen molar-refractivity contribution in [3.8, 4) is 0 Å². The molecule has 0 aliphatic carbocycles. The third kappa shape index (κ3) is 4.27. The third-order valence-corrected chi connectivity index (χ3v) is 3.65. The van der Waals surface area contributed by atoms with E-state index in [-0.39, 0.29) is 11.6 Å². The highest BCUT2D eigenvalue weighted by Crippen LogP contribution is 2.18. The Balaban J connectivity index is 2.18. The highest BCUT2D eigenvalue weighted by atomic mass is 19.1. The van der Waals surface area contributed by atoms with Crippen molar-refractivity contribution in [3.05, 3.63) is 70.3 Å². The highest BCUT2D eigenvalue weighted by molar-refractivity contribution is 5.70. The molecule has 0 saturated heterocycles. The molecule has 2 aromatic rings. The molecular formula is C20H22F2. The first-order valence-corrected chi connectivity index (χ1v) is 7.89. The van der Waals surface area contributed by atoms with Gasteiger partial charge in [-0.05, 0) is 36.1 Å². The zero-order chi connectivity index (χ0) is 15.9. The molecule has 0 spiro atoms. The van der Waals surface area contributed by atoms with Gasteiger partial charge in [-0.3, -0.25) is 0 Å². The van der Waals surface area contributed by atoms with Gasteiger partial charge in [-0.25, -0.2) is 8.78 Å². The first-order valence-electron chi connectivity index (χ1n) is 7.89. The van der Waals surface area contributed by atoms with Gasteiger partial charge in [0.05, 0.1) is 0 Å². The van der Waals surface area contributed by atoms with E-state index in [2.05, 4.69) is 13.8 Å². The molecular weight excluding hydrogens is 278 g/mol. The molecule has 0 unspecified atom stereocenters. The Hall–Kier alpha value is -1.96. The summed E-state index contributed by atoms with van der Waals surface area (Å²) < 4.78 is 28.0. The Morgan fingerprint density at radius 1 is 0.727 bits per heavy atom. The SMILES string of the molecule is CCCc1ccc(/C=C/c2ccc(CCC)cc2F)c(F)c1. The smallest absolute Gasteiger partial charge is 0.130 e. The van der Waals surface area contributed by atoms with E-state index in [0.717, 1.165) is 36.8 Å². The van der Waals surface area contributed by atoms with E-state index in [1.807, 2.05) is 12.1 Å². The lowest BCUT2D eigenvalue weighted by molar-refractivity contribution is 0.620. The minimum atomic E-state index is -0.259. The van der Waals surface area contributed by atoms with E-state index in [1.54, 1.807) is 36.4 Å². The van der Waals surface area contributed by atoms with Gasteiger partial charge in [0.1, 0.15) is 11.6 Å². The van der Waals surface area contributed by atoms with E-state index in [9.17, 15) is 8.78 Å². The summed E-state index contributed by atoms with van der Waals surface area (Å²) in [5, 5.41) is 0. The van der Waals surface area contributed by atoms with Gasteiger partial charge < -0.3 is 0 Å².